The van der Waals surface area contributed by atoms with Gasteiger partial charge >= 0.3 is 0 Å². The largest absolute Gasteiger partial charge is 0.361 e. The zero-order valence-corrected chi connectivity index (χ0v) is 8.16. The highest BCUT2D eigenvalue weighted by Gasteiger charge is 2.16. The Morgan fingerprint density at radius 2 is 2.50 bits per heavy atom. The van der Waals surface area contributed by atoms with Gasteiger partial charge in [0.15, 0.2) is 5.13 Å². The fourth-order valence-corrected chi connectivity index (χ4v) is 2.04. The van der Waals surface area contributed by atoms with Crippen molar-refractivity contribution in [3.05, 3.63) is 11.1 Å². The Bertz CT molecular complexity index is 253. The zero-order chi connectivity index (χ0) is 8.39. The molecule has 1 saturated carbocycles. The van der Waals surface area contributed by atoms with Gasteiger partial charge in [0.25, 0.3) is 0 Å². The van der Waals surface area contributed by atoms with E-state index in [1.165, 1.54) is 24.1 Å². The topological polar surface area (TPSA) is 24.9 Å². The molecule has 2 rings (SSSR count). The molecule has 1 heterocycles. The molecular formula is C9H14N2S. The zero-order valence-electron chi connectivity index (χ0n) is 7.34. The molecule has 1 fully saturated rings. The number of anilines is 1. The Labute approximate surface area is 77.0 Å². The van der Waals surface area contributed by atoms with Crippen LogP contribution in [0.2, 0.25) is 0 Å². The molecule has 66 valence electrons. The molecule has 0 aromatic carbocycles. The van der Waals surface area contributed by atoms with Crippen molar-refractivity contribution in [2.75, 3.05) is 11.9 Å². The van der Waals surface area contributed by atoms with Gasteiger partial charge in [0, 0.05) is 17.6 Å². The molecule has 0 aliphatic heterocycles. The molecular weight excluding hydrogens is 168 g/mol. The second kappa shape index (κ2) is 3.44. The van der Waals surface area contributed by atoms with E-state index in [2.05, 4.69) is 17.2 Å². The summed E-state index contributed by atoms with van der Waals surface area (Å²) in [5.74, 6) is 0.911. The average Bonchev–Trinajstić information content (AvgIpc) is 2.32. The van der Waals surface area contributed by atoms with Crippen molar-refractivity contribution in [3.8, 4) is 0 Å². The number of hydrogen-bond acceptors (Lipinski definition) is 3. The second-order valence-electron chi connectivity index (χ2n) is 3.45. The number of hydrogen-bond donors (Lipinski definition) is 1. The van der Waals surface area contributed by atoms with Gasteiger partial charge in [0.1, 0.15) is 0 Å². The molecule has 12 heavy (non-hydrogen) atoms. The minimum Gasteiger partial charge on any atom is -0.361 e. The maximum Gasteiger partial charge on any atom is 0.182 e. The van der Waals surface area contributed by atoms with Crippen LogP contribution in [0.3, 0.4) is 0 Å². The minimum atomic E-state index is 0.911. The van der Waals surface area contributed by atoms with E-state index in [-0.39, 0.29) is 0 Å². The van der Waals surface area contributed by atoms with Crippen LogP contribution in [0.4, 0.5) is 5.13 Å². The smallest absolute Gasteiger partial charge is 0.182 e. The summed E-state index contributed by atoms with van der Waals surface area (Å²) < 4.78 is 0. The van der Waals surface area contributed by atoms with Gasteiger partial charge in [-0.3, -0.25) is 0 Å². The Balaban J connectivity index is 1.79. The highest BCUT2D eigenvalue weighted by Crippen LogP contribution is 2.27. The van der Waals surface area contributed by atoms with Crippen molar-refractivity contribution in [2.45, 2.75) is 26.2 Å². The van der Waals surface area contributed by atoms with Gasteiger partial charge in [-0.2, -0.15) is 0 Å². The quantitative estimate of drug-likeness (QED) is 0.777. The van der Waals surface area contributed by atoms with Crippen LogP contribution in [0.1, 0.15) is 24.1 Å². The number of nitrogens with one attached hydrogen (secondary N) is 1. The molecule has 0 amide bonds. The molecule has 0 bridgehead atoms. The van der Waals surface area contributed by atoms with Crippen LogP contribution in [0.15, 0.2) is 6.20 Å². The Hall–Kier alpha value is -0.570. The van der Waals surface area contributed by atoms with Crippen molar-refractivity contribution in [1.82, 2.24) is 4.98 Å². The maximum absolute atomic E-state index is 4.25. The van der Waals surface area contributed by atoms with Gasteiger partial charge in [0.2, 0.25) is 0 Å². The summed E-state index contributed by atoms with van der Waals surface area (Å²) in [6.45, 7) is 3.21. The van der Waals surface area contributed by atoms with Crippen LogP contribution >= 0.6 is 11.3 Å². The normalized spacial score (nSPS) is 17.4. The summed E-state index contributed by atoms with van der Waals surface area (Å²) in [6.07, 6.45) is 6.14. The molecule has 0 radical (unpaired) electrons. The Morgan fingerprint density at radius 3 is 3.00 bits per heavy atom. The fourth-order valence-electron chi connectivity index (χ4n) is 1.37. The van der Waals surface area contributed by atoms with Gasteiger partial charge in [0.05, 0.1) is 0 Å². The van der Waals surface area contributed by atoms with E-state index in [4.69, 9.17) is 0 Å². The van der Waals surface area contributed by atoms with Crippen molar-refractivity contribution >= 4 is 16.5 Å². The molecule has 3 heteroatoms. The van der Waals surface area contributed by atoms with E-state index in [0.717, 1.165) is 17.6 Å². The summed E-state index contributed by atoms with van der Waals surface area (Å²) in [6, 6.07) is 0. The lowest BCUT2D eigenvalue weighted by molar-refractivity contribution is 0.333. The summed E-state index contributed by atoms with van der Waals surface area (Å²) >= 11 is 1.74. The SMILES string of the molecule is Cc1cnc(NCC2CCC2)s1. The lowest BCUT2D eigenvalue weighted by Gasteiger charge is -2.25. The maximum atomic E-state index is 4.25. The van der Waals surface area contributed by atoms with Gasteiger partial charge in [-0.25, -0.2) is 4.98 Å². The minimum absolute atomic E-state index is 0.911. The summed E-state index contributed by atoms with van der Waals surface area (Å²) in [5, 5.41) is 4.46. The fraction of sp³-hybridized carbons (Fsp3) is 0.667. The van der Waals surface area contributed by atoms with Crippen LogP contribution in [-0.4, -0.2) is 11.5 Å². The lowest BCUT2D eigenvalue weighted by Crippen LogP contribution is -2.20. The summed E-state index contributed by atoms with van der Waals surface area (Å²) in [7, 11) is 0. The Morgan fingerprint density at radius 1 is 1.67 bits per heavy atom. The molecule has 1 aromatic rings. The van der Waals surface area contributed by atoms with Gasteiger partial charge < -0.3 is 5.32 Å². The summed E-state index contributed by atoms with van der Waals surface area (Å²) in [5.41, 5.74) is 0. The van der Waals surface area contributed by atoms with Gasteiger partial charge in [-0.15, -0.1) is 11.3 Å². The van der Waals surface area contributed by atoms with E-state index in [1.807, 2.05) is 6.20 Å². The Kier molecular flexibility index (Phi) is 2.30. The molecule has 0 spiro atoms. The molecule has 1 aromatic heterocycles. The number of rotatable bonds is 3. The lowest BCUT2D eigenvalue weighted by atomic mass is 9.86. The number of thiazole rings is 1. The van der Waals surface area contributed by atoms with E-state index in [1.54, 1.807) is 11.3 Å². The predicted molar refractivity (Wildman–Crippen MR) is 52.7 cm³/mol. The van der Waals surface area contributed by atoms with Crippen LogP contribution < -0.4 is 5.32 Å². The van der Waals surface area contributed by atoms with Crippen LogP contribution in [0.5, 0.6) is 0 Å². The number of nitrogens with zero attached hydrogens (tertiary/aromatic N) is 1. The highest BCUT2D eigenvalue weighted by atomic mass is 32.1. The van der Waals surface area contributed by atoms with E-state index >= 15 is 0 Å². The number of aromatic nitrogens is 1. The number of aryl methyl sites for hydroxylation is 1. The molecule has 0 unspecified atom stereocenters. The third-order valence-electron chi connectivity index (χ3n) is 2.39. The van der Waals surface area contributed by atoms with Gasteiger partial charge in [-0.1, -0.05) is 6.42 Å². The first kappa shape index (κ1) is 8.05. The molecule has 1 aliphatic rings. The van der Waals surface area contributed by atoms with Crippen molar-refractivity contribution in [3.63, 3.8) is 0 Å². The third kappa shape index (κ3) is 1.78. The van der Waals surface area contributed by atoms with Crippen LogP contribution in [0.25, 0.3) is 0 Å². The molecule has 2 nitrogen and oxygen atoms in total. The van der Waals surface area contributed by atoms with E-state index in [0.29, 0.717) is 0 Å². The molecule has 1 aliphatic carbocycles. The monoisotopic (exact) mass is 182 g/mol. The van der Waals surface area contributed by atoms with Crippen LogP contribution in [-0.2, 0) is 0 Å². The third-order valence-corrected chi connectivity index (χ3v) is 3.26. The second-order valence-corrected chi connectivity index (χ2v) is 4.69. The van der Waals surface area contributed by atoms with E-state index in [9.17, 15) is 0 Å². The average molecular weight is 182 g/mol. The van der Waals surface area contributed by atoms with Gasteiger partial charge in [-0.05, 0) is 25.7 Å². The predicted octanol–water partition coefficient (Wildman–Crippen LogP) is 2.66. The molecule has 1 N–H and O–H groups in total. The first-order valence-corrected chi connectivity index (χ1v) is 5.32. The highest BCUT2D eigenvalue weighted by molar-refractivity contribution is 7.15. The standard InChI is InChI=1S/C9H14N2S/c1-7-5-10-9(12-7)11-6-8-3-2-4-8/h5,8H,2-4,6H2,1H3,(H,10,11). The van der Waals surface area contributed by atoms with E-state index < -0.39 is 0 Å². The first-order valence-electron chi connectivity index (χ1n) is 4.51. The van der Waals surface area contributed by atoms with Crippen molar-refractivity contribution < 1.29 is 0 Å². The first-order chi connectivity index (χ1) is 5.84. The molecule has 0 atom stereocenters. The summed E-state index contributed by atoms with van der Waals surface area (Å²) in [4.78, 5) is 5.54. The van der Waals surface area contributed by atoms with Crippen molar-refractivity contribution in [2.24, 2.45) is 5.92 Å². The van der Waals surface area contributed by atoms with Crippen molar-refractivity contribution in [1.29, 1.82) is 0 Å². The molecule has 0 saturated heterocycles. The van der Waals surface area contributed by atoms with Crippen LogP contribution in [0, 0.1) is 12.8 Å².